The van der Waals surface area contributed by atoms with E-state index in [0.29, 0.717) is 6.54 Å². The van der Waals surface area contributed by atoms with Gasteiger partial charge in [-0.05, 0) is 62.6 Å². The van der Waals surface area contributed by atoms with Crippen molar-refractivity contribution in [2.24, 2.45) is 0 Å². The van der Waals surface area contributed by atoms with E-state index in [2.05, 4.69) is 22.9 Å². The lowest BCUT2D eigenvalue weighted by Crippen LogP contribution is -2.43. The zero-order valence-corrected chi connectivity index (χ0v) is 18.3. The van der Waals surface area contributed by atoms with E-state index in [-0.39, 0.29) is 17.2 Å². The first-order chi connectivity index (χ1) is 15.3. The van der Waals surface area contributed by atoms with Crippen LogP contribution >= 0.6 is 0 Å². The van der Waals surface area contributed by atoms with Gasteiger partial charge in [-0.15, -0.1) is 0 Å². The topological polar surface area (TPSA) is 56.3 Å². The van der Waals surface area contributed by atoms with Gasteiger partial charge in [-0.1, -0.05) is 29.8 Å². The number of fused-ring (bicyclic) bond motifs is 3. The van der Waals surface area contributed by atoms with Gasteiger partial charge < -0.3 is 10.1 Å². The van der Waals surface area contributed by atoms with Crippen LogP contribution in [0.4, 0.5) is 8.78 Å². The number of para-hydroxylation sites is 1. The molecule has 2 aromatic carbocycles. The molecule has 0 saturated carbocycles. The molecule has 0 radical (unpaired) electrons. The molecule has 6 heteroatoms. The smallest absolute Gasteiger partial charge is 0.328 e. The summed E-state index contributed by atoms with van der Waals surface area (Å²) in [6, 6.07) is 9.73. The van der Waals surface area contributed by atoms with Gasteiger partial charge in [-0.2, -0.15) is 0 Å². The molecule has 2 N–H and O–H groups in total. The van der Waals surface area contributed by atoms with Crippen LogP contribution in [0.1, 0.15) is 49.2 Å². The second-order valence-electron chi connectivity index (χ2n) is 8.57. The van der Waals surface area contributed by atoms with Crippen LogP contribution in [-0.2, 0) is 11.2 Å². The number of benzene rings is 2. The average molecular weight is 437 g/mol. The summed E-state index contributed by atoms with van der Waals surface area (Å²) in [5.41, 5.74) is 4.11. The highest BCUT2D eigenvalue weighted by atomic mass is 19.1. The van der Waals surface area contributed by atoms with Crippen LogP contribution in [0.25, 0.3) is 17.0 Å². The molecule has 2 atom stereocenters. The Bertz CT molecular complexity index is 1210. The van der Waals surface area contributed by atoms with Crippen LogP contribution in [0.3, 0.4) is 0 Å². The number of rotatable bonds is 5. The number of hydrogen-bond donors (Lipinski definition) is 2. The minimum Gasteiger partial charge on any atom is -0.478 e. The molecule has 1 aliphatic heterocycles. The molecule has 32 heavy (non-hydrogen) atoms. The van der Waals surface area contributed by atoms with Crippen molar-refractivity contribution in [3.8, 4) is 0 Å². The highest BCUT2D eigenvalue weighted by molar-refractivity contribution is 5.86. The number of carboxylic acid groups (broad SMARTS) is 1. The Balaban J connectivity index is 1.90. The number of hydrogen-bond acceptors (Lipinski definition) is 2. The fourth-order valence-corrected chi connectivity index (χ4v) is 4.52. The van der Waals surface area contributed by atoms with E-state index in [1.54, 1.807) is 0 Å². The number of aliphatic carboxylic acids is 1. The number of nitrogens with zero attached hydrogens (tertiary/aromatic N) is 1. The molecular formula is C26H26F2N2O2. The second kappa shape index (κ2) is 8.71. The second-order valence-corrected chi connectivity index (χ2v) is 8.57. The lowest BCUT2D eigenvalue weighted by molar-refractivity contribution is -0.131. The van der Waals surface area contributed by atoms with Crippen molar-refractivity contribution in [2.45, 2.75) is 39.3 Å². The maximum absolute atomic E-state index is 15.4. The van der Waals surface area contributed by atoms with E-state index < -0.39 is 23.6 Å². The minimum atomic E-state index is -1.17. The maximum atomic E-state index is 15.4. The van der Waals surface area contributed by atoms with Crippen LogP contribution in [0, 0.1) is 11.6 Å². The average Bonchev–Trinajstić information content (AvgIpc) is 3.09. The lowest BCUT2D eigenvalue weighted by Gasteiger charge is -2.40. The Hall–Kier alpha value is -3.25. The molecule has 0 spiro atoms. The van der Waals surface area contributed by atoms with Crippen molar-refractivity contribution in [3.63, 3.8) is 0 Å². The Labute approximate surface area is 185 Å². The molecule has 4 rings (SSSR count). The van der Waals surface area contributed by atoms with Crippen molar-refractivity contribution in [1.29, 1.82) is 0 Å². The van der Waals surface area contributed by atoms with Gasteiger partial charge in [0, 0.05) is 40.8 Å². The third-order valence-electron chi connectivity index (χ3n) is 6.02. The van der Waals surface area contributed by atoms with Crippen molar-refractivity contribution in [2.75, 3.05) is 6.54 Å². The Morgan fingerprint density at radius 3 is 2.56 bits per heavy atom. The number of carbonyl (C=O) groups is 1. The van der Waals surface area contributed by atoms with Gasteiger partial charge in [-0.3, -0.25) is 4.90 Å². The van der Waals surface area contributed by atoms with Crippen LogP contribution in [0.2, 0.25) is 0 Å². The fraction of sp³-hybridized carbons (Fsp3) is 0.269. The summed E-state index contributed by atoms with van der Waals surface area (Å²) >= 11 is 0. The highest BCUT2D eigenvalue weighted by Crippen LogP contribution is 2.42. The summed E-state index contributed by atoms with van der Waals surface area (Å²) in [5, 5.41) is 9.90. The summed E-state index contributed by atoms with van der Waals surface area (Å²) in [7, 11) is 0. The molecule has 0 aliphatic carbocycles. The minimum absolute atomic E-state index is 0.0287. The van der Waals surface area contributed by atoms with Gasteiger partial charge in [0.05, 0.1) is 6.04 Å². The molecule has 2 unspecified atom stereocenters. The SMILES string of the molecule is CC(C)=CCN1C(C)Cc2c([nH]c3ccccc23)C1c1c(F)cc(/C=C/C(=O)O)cc1F. The standard InChI is InChI=1S/C26H26F2N2O2/c1-15(2)10-11-30-16(3)12-19-18-6-4-5-7-22(18)29-25(19)26(30)24-20(27)13-17(14-21(24)28)8-9-23(31)32/h4-10,13-14,16,26,29H,11-12H2,1-3H3,(H,31,32)/b9-8+. The molecule has 1 aromatic heterocycles. The van der Waals surface area contributed by atoms with Crippen LogP contribution < -0.4 is 0 Å². The molecule has 1 aliphatic rings. The normalized spacial score (nSPS) is 18.8. The summed E-state index contributed by atoms with van der Waals surface area (Å²) in [6.07, 6.45) is 4.90. The first-order valence-electron chi connectivity index (χ1n) is 10.6. The van der Waals surface area contributed by atoms with Gasteiger partial charge in [0.1, 0.15) is 11.6 Å². The van der Waals surface area contributed by atoms with E-state index in [0.717, 1.165) is 40.2 Å². The molecule has 0 fully saturated rings. The zero-order chi connectivity index (χ0) is 23.0. The molecule has 2 heterocycles. The summed E-state index contributed by atoms with van der Waals surface area (Å²) in [4.78, 5) is 16.3. The van der Waals surface area contributed by atoms with E-state index in [4.69, 9.17) is 5.11 Å². The summed E-state index contributed by atoms with van der Waals surface area (Å²) in [5.74, 6) is -2.56. The van der Waals surface area contributed by atoms with Crippen LogP contribution in [0.15, 0.2) is 54.1 Å². The molecule has 0 saturated heterocycles. The number of carboxylic acids is 1. The monoisotopic (exact) mass is 436 g/mol. The molecule has 0 amide bonds. The predicted octanol–water partition coefficient (Wildman–Crippen LogP) is 5.85. The van der Waals surface area contributed by atoms with Crippen molar-refractivity contribution in [1.82, 2.24) is 9.88 Å². The highest BCUT2D eigenvalue weighted by Gasteiger charge is 2.38. The third-order valence-corrected chi connectivity index (χ3v) is 6.02. The Morgan fingerprint density at radius 2 is 1.91 bits per heavy atom. The number of aromatic nitrogens is 1. The fourth-order valence-electron chi connectivity index (χ4n) is 4.52. The number of aromatic amines is 1. The van der Waals surface area contributed by atoms with E-state index in [9.17, 15) is 4.79 Å². The van der Waals surface area contributed by atoms with Crippen molar-refractivity contribution >= 4 is 22.9 Å². The number of H-pyrrole nitrogens is 1. The lowest BCUT2D eigenvalue weighted by atomic mass is 9.87. The number of nitrogens with one attached hydrogen (secondary N) is 1. The van der Waals surface area contributed by atoms with Gasteiger partial charge in [-0.25, -0.2) is 13.6 Å². The Morgan fingerprint density at radius 1 is 1.22 bits per heavy atom. The van der Waals surface area contributed by atoms with E-state index in [1.807, 2.05) is 38.1 Å². The third kappa shape index (κ3) is 4.10. The maximum Gasteiger partial charge on any atom is 0.328 e. The quantitative estimate of drug-likeness (QED) is 0.390. The van der Waals surface area contributed by atoms with Gasteiger partial charge in [0.15, 0.2) is 0 Å². The number of allylic oxidation sites excluding steroid dienone is 1. The molecular weight excluding hydrogens is 410 g/mol. The molecule has 3 aromatic rings. The zero-order valence-electron chi connectivity index (χ0n) is 18.3. The summed E-state index contributed by atoms with van der Waals surface area (Å²) in [6.45, 7) is 6.64. The first-order valence-corrected chi connectivity index (χ1v) is 10.6. The molecule has 166 valence electrons. The van der Waals surface area contributed by atoms with Gasteiger partial charge in [0.25, 0.3) is 0 Å². The van der Waals surface area contributed by atoms with E-state index in [1.165, 1.54) is 18.2 Å². The Kier molecular flexibility index (Phi) is 5.98. The summed E-state index contributed by atoms with van der Waals surface area (Å²) < 4.78 is 30.8. The van der Waals surface area contributed by atoms with Crippen LogP contribution in [0.5, 0.6) is 0 Å². The largest absolute Gasteiger partial charge is 0.478 e. The molecule has 0 bridgehead atoms. The van der Waals surface area contributed by atoms with Gasteiger partial charge in [0.2, 0.25) is 0 Å². The van der Waals surface area contributed by atoms with Crippen molar-refractivity contribution in [3.05, 3.63) is 88.1 Å². The van der Waals surface area contributed by atoms with Crippen LogP contribution in [-0.4, -0.2) is 33.5 Å². The first kappa shape index (κ1) is 22.0. The van der Waals surface area contributed by atoms with Gasteiger partial charge >= 0.3 is 5.97 Å². The number of halogens is 2. The molecule has 4 nitrogen and oxygen atoms in total. The van der Waals surface area contributed by atoms with E-state index >= 15 is 8.78 Å². The predicted molar refractivity (Wildman–Crippen MR) is 122 cm³/mol. The van der Waals surface area contributed by atoms with Crippen molar-refractivity contribution < 1.29 is 18.7 Å².